The molecule has 1 fully saturated rings. The van der Waals surface area contributed by atoms with E-state index in [0.717, 1.165) is 17.8 Å². The second-order valence-electron chi connectivity index (χ2n) is 5.61. The lowest BCUT2D eigenvalue weighted by Gasteiger charge is -2.22. The third-order valence-electron chi connectivity index (χ3n) is 3.91. The van der Waals surface area contributed by atoms with Crippen LogP contribution in [0.25, 0.3) is 0 Å². The molecule has 0 radical (unpaired) electrons. The highest BCUT2D eigenvalue weighted by atomic mass is 32.1. The Labute approximate surface area is 137 Å². The molecule has 23 heavy (non-hydrogen) atoms. The largest absolute Gasteiger partial charge is 0.486 e. The molecule has 2 N–H and O–H groups in total. The van der Waals surface area contributed by atoms with E-state index in [4.69, 9.17) is 9.47 Å². The molecule has 1 atom stereocenters. The Bertz CT molecular complexity index is 701. The number of aromatic nitrogens is 1. The third-order valence-corrected chi connectivity index (χ3v) is 4.77. The normalized spacial score (nSPS) is 17.4. The molecule has 1 unspecified atom stereocenters. The minimum atomic E-state index is -0.250. The van der Waals surface area contributed by atoms with Crippen LogP contribution in [0.15, 0.2) is 29.8 Å². The average molecular weight is 331 g/mol. The predicted octanol–water partition coefficient (Wildman–Crippen LogP) is 3.19. The van der Waals surface area contributed by atoms with Gasteiger partial charge in [0.05, 0.1) is 11.7 Å². The van der Waals surface area contributed by atoms with Gasteiger partial charge in [-0.2, -0.15) is 0 Å². The number of carbonyl (C=O) groups excluding carboxylic acids is 1. The summed E-state index contributed by atoms with van der Waals surface area (Å²) in [5.41, 5.74) is 0.619. The molecule has 0 bridgehead atoms. The van der Waals surface area contributed by atoms with E-state index in [-0.39, 0.29) is 12.1 Å². The number of nitrogens with one attached hydrogen (secondary N) is 2. The van der Waals surface area contributed by atoms with Gasteiger partial charge < -0.3 is 20.1 Å². The van der Waals surface area contributed by atoms with Crippen LogP contribution in [0.3, 0.4) is 0 Å². The van der Waals surface area contributed by atoms with E-state index in [1.54, 1.807) is 17.5 Å². The first-order chi connectivity index (χ1) is 11.3. The maximum absolute atomic E-state index is 12.4. The molecule has 2 heterocycles. The molecular weight excluding hydrogens is 314 g/mol. The van der Waals surface area contributed by atoms with Crippen LogP contribution in [0.2, 0.25) is 0 Å². The molecule has 4 rings (SSSR count). The number of anilines is 1. The molecule has 7 heteroatoms. The number of fused-ring (bicyclic) bond motifs is 1. The highest BCUT2D eigenvalue weighted by Gasteiger charge is 2.35. The van der Waals surface area contributed by atoms with E-state index in [9.17, 15) is 4.79 Å². The molecule has 2 aliphatic rings. The van der Waals surface area contributed by atoms with Gasteiger partial charge in [0.1, 0.15) is 18.2 Å². The maximum Gasteiger partial charge on any atom is 0.319 e. The maximum atomic E-state index is 12.4. The van der Waals surface area contributed by atoms with Crippen LogP contribution in [0.5, 0.6) is 11.5 Å². The van der Waals surface area contributed by atoms with E-state index < -0.39 is 0 Å². The zero-order valence-electron chi connectivity index (χ0n) is 12.5. The van der Waals surface area contributed by atoms with Gasteiger partial charge in [0.15, 0.2) is 11.5 Å². The number of carbonyl (C=O) groups is 1. The third kappa shape index (κ3) is 3.10. The van der Waals surface area contributed by atoms with Crippen molar-refractivity contribution in [3.8, 4) is 11.5 Å². The van der Waals surface area contributed by atoms with Crippen molar-refractivity contribution in [2.75, 3.05) is 18.5 Å². The lowest BCUT2D eigenvalue weighted by molar-refractivity contribution is 0.172. The summed E-state index contributed by atoms with van der Waals surface area (Å²) in [4.78, 5) is 16.7. The lowest BCUT2D eigenvalue weighted by Crippen LogP contribution is -2.34. The predicted molar refractivity (Wildman–Crippen MR) is 87.2 cm³/mol. The van der Waals surface area contributed by atoms with Gasteiger partial charge in [-0.1, -0.05) is 6.07 Å². The molecule has 1 aromatic carbocycles. The number of nitrogens with zero attached hydrogens (tertiary/aromatic N) is 1. The van der Waals surface area contributed by atoms with Gasteiger partial charge in [0.25, 0.3) is 0 Å². The van der Waals surface area contributed by atoms with Gasteiger partial charge >= 0.3 is 6.03 Å². The van der Waals surface area contributed by atoms with Gasteiger partial charge in [-0.25, -0.2) is 9.78 Å². The first-order valence-electron chi connectivity index (χ1n) is 7.67. The van der Waals surface area contributed by atoms with Crippen molar-refractivity contribution in [1.29, 1.82) is 0 Å². The fourth-order valence-corrected chi connectivity index (χ4v) is 3.45. The van der Waals surface area contributed by atoms with E-state index in [0.29, 0.717) is 36.3 Å². The van der Waals surface area contributed by atoms with Gasteiger partial charge in [0, 0.05) is 11.6 Å². The Hall–Kier alpha value is -2.28. The fraction of sp³-hybridized carbons (Fsp3) is 0.375. The summed E-state index contributed by atoms with van der Waals surface area (Å²) in [6.07, 6.45) is 4.03. The Balaban J connectivity index is 1.48. The van der Waals surface area contributed by atoms with Crippen molar-refractivity contribution < 1.29 is 14.3 Å². The molecular formula is C16H17N3O3S. The van der Waals surface area contributed by atoms with Crippen LogP contribution in [0.1, 0.15) is 23.9 Å². The lowest BCUT2D eigenvalue weighted by atomic mass is 10.2. The summed E-state index contributed by atoms with van der Waals surface area (Å²) in [6, 6.07) is 5.21. The molecule has 1 aromatic heterocycles. The number of amides is 2. The van der Waals surface area contributed by atoms with Gasteiger partial charge in [-0.05, 0) is 30.9 Å². The van der Waals surface area contributed by atoms with E-state index in [1.807, 2.05) is 23.6 Å². The second kappa shape index (κ2) is 6.08. The fourth-order valence-electron chi connectivity index (χ4n) is 2.67. The van der Waals surface area contributed by atoms with Crippen molar-refractivity contribution in [2.45, 2.75) is 18.9 Å². The van der Waals surface area contributed by atoms with Gasteiger partial charge in [-0.3, -0.25) is 0 Å². The Kier molecular flexibility index (Phi) is 3.78. The Morgan fingerprint density at radius 3 is 2.96 bits per heavy atom. The molecule has 2 aromatic rings. The summed E-state index contributed by atoms with van der Waals surface area (Å²) in [5.74, 6) is 1.73. The first kappa shape index (κ1) is 14.3. The quantitative estimate of drug-likeness (QED) is 0.902. The molecule has 120 valence electrons. The molecule has 6 nitrogen and oxygen atoms in total. The Morgan fingerprint density at radius 1 is 1.30 bits per heavy atom. The summed E-state index contributed by atoms with van der Waals surface area (Å²) in [7, 11) is 0. The molecule has 1 aliphatic heterocycles. The Morgan fingerprint density at radius 2 is 2.17 bits per heavy atom. The van der Waals surface area contributed by atoms with Crippen LogP contribution in [0, 0.1) is 5.92 Å². The molecule has 2 amide bonds. The number of ether oxygens (including phenoxy) is 2. The van der Waals surface area contributed by atoms with E-state index in [1.165, 1.54) is 0 Å². The zero-order valence-corrected chi connectivity index (χ0v) is 13.3. The minimum absolute atomic E-state index is 0.0216. The van der Waals surface area contributed by atoms with Gasteiger partial charge in [0.2, 0.25) is 0 Å². The molecule has 0 saturated heterocycles. The topological polar surface area (TPSA) is 72.5 Å². The van der Waals surface area contributed by atoms with E-state index >= 15 is 0 Å². The summed E-state index contributed by atoms with van der Waals surface area (Å²) in [6.45, 7) is 1.01. The van der Waals surface area contributed by atoms with Crippen molar-refractivity contribution in [3.05, 3.63) is 34.8 Å². The number of hydrogen-bond acceptors (Lipinski definition) is 5. The summed E-state index contributed by atoms with van der Waals surface area (Å²) < 4.78 is 11.1. The zero-order chi connectivity index (χ0) is 15.6. The number of benzene rings is 1. The highest BCUT2D eigenvalue weighted by Crippen LogP contribution is 2.42. The van der Waals surface area contributed by atoms with Crippen LogP contribution in [-0.2, 0) is 0 Å². The summed E-state index contributed by atoms with van der Waals surface area (Å²) >= 11 is 1.57. The number of urea groups is 1. The average Bonchev–Trinajstić information content (AvgIpc) is 3.27. The van der Waals surface area contributed by atoms with Crippen molar-refractivity contribution in [2.24, 2.45) is 5.92 Å². The first-order valence-corrected chi connectivity index (χ1v) is 8.55. The monoisotopic (exact) mass is 331 g/mol. The van der Waals surface area contributed by atoms with Crippen LogP contribution in [-0.4, -0.2) is 24.2 Å². The molecule has 0 spiro atoms. The molecule has 1 aliphatic carbocycles. The minimum Gasteiger partial charge on any atom is -0.486 e. The number of thiazole rings is 1. The van der Waals surface area contributed by atoms with Crippen molar-refractivity contribution >= 4 is 23.1 Å². The van der Waals surface area contributed by atoms with Crippen LogP contribution in [0.4, 0.5) is 10.5 Å². The highest BCUT2D eigenvalue weighted by molar-refractivity contribution is 7.09. The van der Waals surface area contributed by atoms with Crippen LogP contribution >= 0.6 is 11.3 Å². The SMILES string of the molecule is O=C(Nc1cccc2c1OCCO2)NC(c1nccs1)C1CC1. The summed E-state index contributed by atoms with van der Waals surface area (Å²) in [5, 5.41) is 8.79. The van der Waals surface area contributed by atoms with Gasteiger partial charge in [-0.15, -0.1) is 11.3 Å². The number of hydrogen-bond donors (Lipinski definition) is 2. The van der Waals surface area contributed by atoms with Crippen molar-refractivity contribution in [1.82, 2.24) is 10.3 Å². The number of para-hydroxylation sites is 1. The smallest absolute Gasteiger partial charge is 0.319 e. The second-order valence-corrected chi connectivity index (χ2v) is 6.54. The number of rotatable bonds is 4. The molecule has 1 saturated carbocycles. The van der Waals surface area contributed by atoms with E-state index in [2.05, 4.69) is 15.6 Å². The van der Waals surface area contributed by atoms with Crippen molar-refractivity contribution in [3.63, 3.8) is 0 Å². The van der Waals surface area contributed by atoms with Crippen LogP contribution < -0.4 is 20.1 Å². The standard InChI is InChI=1S/C16H17N3O3S/c20-16(19-13(10-4-5-10)15-17-6-9-23-15)18-11-2-1-3-12-14(11)22-8-7-21-12/h1-3,6,9-10,13H,4-5,7-8H2,(H2,18,19,20).